The third kappa shape index (κ3) is 4.71. The molecule has 0 saturated heterocycles. The molecule has 176 valence electrons. The van der Waals surface area contributed by atoms with E-state index in [9.17, 15) is 9.59 Å². The van der Waals surface area contributed by atoms with E-state index in [2.05, 4.69) is 20.9 Å². The second kappa shape index (κ2) is 10.4. The lowest BCUT2D eigenvalue weighted by molar-refractivity contribution is -0.136. The Kier molecular flexibility index (Phi) is 7.33. The molecule has 34 heavy (non-hydrogen) atoms. The first-order valence-corrected chi connectivity index (χ1v) is 12.3. The van der Waals surface area contributed by atoms with Crippen molar-refractivity contribution in [3.05, 3.63) is 89.5 Å². The number of methoxy groups -OCH3 is 1. The Morgan fingerprint density at radius 3 is 2.62 bits per heavy atom. The molecule has 0 saturated carbocycles. The van der Waals surface area contributed by atoms with Gasteiger partial charge < -0.3 is 14.2 Å². The fourth-order valence-corrected chi connectivity index (χ4v) is 5.12. The van der Waals surface area contributed by atoms with Crippen molar-refractivity contribution >= 4 is 39.3 Å². The SMILES string of the molecule is CCOc1ccc([C@H]2C(C(=O)OC)=CN=c3s/c(=C\c4cccc(Br)c4)c(=O)n32)cc1OCC. The van der Waals surface area contributed by atoms with Gasteiger partial charge in [-0.1, -0.05) is 45.5 Å². The van der Waals surface area contributed by atoms with E-state index >= 15 is 0 Å². The van der Waals surface area contributed by atoms with Crippen molar-refractivity contribution in [1.82, 2.24) is 4.57 Å². The van der Waals surface area contributed by atoms with Crippen molar-refractivity contribution in [3.63, 3.8) is 0 Å². The van der Waals surface area contributed by atoms with Crippen molar-refractivity contribution in [2.45, 2.75) is 19.9 Å². The molecule has 0 unspecified atom stereocenters. The molecule has 7 nitrogen and oxygen atoms in total. The smallest absolute Gasteiger partial charge is 0.337 e. The minimum absolute atomic E-state index is 0.241. The molecule has 0 radical (unpaired) electrons. The molecule has 1 aromatic heterocycles. The highest BCUT2D eigenvalue weighted by Gasteiger charge is 2.31. The fourth-order valence-electron chi connectivity index (χ4n) is 3.74. The Bertz CT molecular complexity index is 1440. The van der Waals surface area contributed by atoms with Crippen LogP contribution in [0, 0.1) is 0 Å². The summed E-state index contributed by atoms with van der Waals surface area (Å²) >= 11 is 4.73. The molecule has 0 aliphatic carbocycles. The topological polar surface area (TPSA) is 79.1 Å². The second-order valence-electron chi connectivity index (χ2n) is 7.30. The number of hydrogen-bond acceptors (Lipinski definition) is 7. The van der Waals surface area contributed by atoms with Crippen LogP contribution in [0.2, 0.25) is 0 Å². The maximum atomic E-state index is 13.6. The van der Waals surface area contributed by atoms with Crippen molar-refractivity contribution in [3.8, 4) is 11.5 Å². The third-order valence-corrected chi connectivity index (χ3v) is 6.64. The first-order valence-electron chi connectivity index (χ1n) is 10.7. The number of benzene rings is 2. The van der Waals surface area contributed by atoms with Crippen LogP contribution in [0.3, 0.4) is 0 Å². The molecule has 1 aliphatic heterocycles. The van der Waals surface area contributed by atoms with Crippen molar-refractivity contribution in [2.75, 3.05) is 20.3 Å². The molecule has 0 spiro atoms. The molecule has 1 atom stereocenters. The lowest BCUT2D eigenvalue weighted by Gasteiger charge is -2.23. The molecule has 0 N–H and O–H groups in total. The molecule has 2 aromatic carbocycles. The number of esters is 1. The van der Waals surface area contributed by atoms with Gasteiger partial charge >= 0.3 is 5.97 Å². The molecule has 1 aliphatic rings. The highest BCUT2D eigenvalue weighted by Crippen LogP contribution is 2.35. The van der Waals surface area contributed by atoms with Gasteiger partial charge in [0.2, 0.25) is 0 Å². The Labute approximate surface area is 208 Å². The van der Waals surface area contributed by atoms with Gasteiger partial charge in [0.15, 0.2) is 16.3 Å². The number of halogens is 1. The zero-order valence-corrected chi connectivity index (χ0v) is 21.3. The van der Waals surface area contributed by atoms with Crippen molar-refractivity contribution < 1.29 is 19.0 Å². The summed E-state index contributed by atoms with van der Waals surface area (Å²) in [6.45, 7) is 4.70. The van der Waals surface area contributed by atoms with Gasteiger partial charge in [0.1, 0.15) is 0 Å². The number of carbonyl (C=O) groups excluding carboxylic acids is 1. The summed E-state index contributed by atoms with van der Waals surface area (Å²) in [7, 11) is 1.31. The summed E-state index contributed by atoms with van der Waals surface area (Å²) in [5.74, 6) is 0.583. The highest BCUT2D eigenvalue weighted by molar-refractivity contribution is 9.10. The van der Waals surface area contributed by atoms with E-state index in [0.717, 1.165) is 10.0 Å². The van der Waals surface area contributed by atoms with Crippen LogP contribution in [0.25, 0.3) is 6.08 Å². The zero-order chi connectivity index (χ0) is 24.2. The summed E-state index contributed by atoms with van der Waals surface area (Å²) in [6, 6.07) is 12.4. The molecule has 0 fully saturated rings. The average Bonchev–Trinajstić information content (AvgIpc) is 3.14. The Morgan fingerprint density at radius 2 is 1.91 bits per heavy atom. The maximum Gasteiger partial charge on any atom is 0.337 e. The van der Waals surface area contributed by atoms with E-state index in [-0.39, 0.29) is 11.1 Å². The van der Waals surface area contributed by atoms with E-state index < -0.39 is 12.0 Å². The van der Waals surface area contributed by atoms with E-state index in [0.29, 0.717) is 39.6 Å². The number of ether oxygens (including phenoxy) is 3. The van der Waals surface area contributed by atoms with Gasteiger partial charge in [0, 0.05) is 10.7 Å². The van der Waals surface area contributed by atoms with E-state index in [1.54, 1.807) is 12.1 Å². The number of aromatic nitrogens is 1. The van der Waals surface area contributed by atoms with Crippen LogP contribution in [-0.2, 0) is 9.53 Å². The molecule has 2 heterocycles. The van der Waals surface area contributed by atoms with Gasteiger partial charge in [-0.3, -0.25) is 9.36 Å². The largest absolute Gasteiger partial charge is 0.490 e. The zero-order valence-electron chi connectivity index (χ0n) is 18.9. The van der Waals surface area contributed by atoms with Crippen LogP contribution in [0.1, 0.15) is 31.0 Å². The highest BCUT2D eigenvalue weighted by atomic mass is 79.9. The number of nitrogens with zero attached hydrogens (tertiary/aromatic N) is 2. The third-order valence-electron chi connectivity index (χ3n) is 5.15. The normalized spacial score (nSPS) is 15.2. The lowest BCUT2D eigenvalue weighted by Crippen LogP contribution is -2.39. The number of hydrogen-bond donors (Lipinski definition) is 0. The summed E-state index contributed by atoms with van der Waals surface area (Å²) < 4.78 is 19.4. The van der Waals surface area contributed by atoms with Crippen LogP contribution >= 0.6 is 27.3 Å². The molecule has 0 bridgehead atoms. The summed E-state index contributed by atoms with van der Waals surface area (Å²) in [4.78, 5) is 31.1. The van der Waals surface area contributed by atoms with Crippen LogP contribution in [-0.4, -0.2) is 30.9 Å². The molecular weight excluding hydrogens is 520 g/mol. The molecule has 4 rings (SSSR count). The fraction of sp³-hybridized carbons (Fsp3) is 0.240. The van der Waals surface area contributed by atoms with Gasteiger partial charge in [-0.05, 0) is 55.3 Å². The van der Waals surface area contributed by atoms with Gasteiger partial charge in [0.25, 0.3) is 5.56 Å². The minimum Gasteiger partial charge on any atom is -0.490 e. The van der Waals surface area contributed by atoms with Crippen molar-refractivity contribution in [1.29, 1.82) is 0 Å². The Morgan fingerprint density at radius 1 is 1.15 bits per heavy atom. The molecule has 3 aromatic rings. The standard InChI is InChI=1S/C25H23BrN2O5S/c1-4-32-19-10-9-16(13-20(19)33-5-2)22-18(24(30)31-3)14-27-25-28(22)23(29)21(34-25)12-15-7-6-8-17(26)11-15/h6-14,22H,4-5H2,1-3H3/b21-12-/t22-/m0/s1. The van der Waals surface area contributed by atoms with Gasteiger partial charge in [-0.15, -0.1) is 0 Å². The van der Waals surface area contributed by atoms with Crippen LogP contribution in [0.4, 0.5) is 0 Å². The predicted molar refractivity (Wildman–Crippen MR) is 134 cm³/mol. The Hall–Kier alpha value is -3.17. The average molecular weight is 543 g/mol. The van der Waals surface area contributed by atoms with Crippen molar-refractivity contribution in [2.24, 2.45) is 4.99 Å². The monoisotopic (exact) mass is 542 g/mol. The second-order valence-corrected chi connectivity index (χ2v) is 9.23. The number of rotatable bonds is 7. The first-order chi connectivity index (χ1) is 16.5. The quantitative estimate of drug-likeness (QED) is 0.426. The van der Waals surface area contributed by atoms with E-state index in [1.807, 2.05) is 50.3 Å². The van der Waals surface area contributed by atoms with Crippen LogP contribution in [0.15, 0.2) is 68.5 Å². The summed E-state index contributed by atoms with van der Waals surface area (Å²) in [5, 5.41) is 0. The van der Waals surface area contributed by atoms with Gasteiger partial charge in [0.05, 0.1) is 36.5 Å². The van der Waals surface area contributed by atoms with E-state index in [4.69, 9.17) is 14.2 Å². The first kappa shape index (κ1) is 24.0. The number of fused-ring (bicyclic) bond motifs is 1. The molecular formula is C25H23BrN2O5S. The lowest BCUT2D eigenvalue weighted by atomic mass is 9.97. The minimum atomic E-state index is -0.719. The Balaban J connectivity index is 1.91. The predicted octanol–water partition coefficient (Wildman–Crippen LogP) is 3.58. The summed E-state index contributed by atoms with van der Waals surface area (Å²) in [6.07, 6.45) is 3.29. The van der Waals surface area contributed by atoms with Gasteiger partial charge in [-0.2, -0.15) is 0 Å². The molecule has 0 amide bonds. The summed E-state index contributed by atoms with van der Waals surface area (Å²) in [5.41, 5.74) is 1.59. The number of carbonyl (C=O) groups is 1. The van der Waals surface area contributed by atoms with Gasteiger partial charge in [-0.25, -0.2) is 9.79 Å². The number of thiazole rings is 1. The van der Waals surface area contributed by atoms with E-state index in [1.165, 1.54) is 29.2 Å². The van der Waals surface area contributed by atoms with Crippen LogP contribution < -0.4 is 24.4 Å². The maximum absolute atomic E-state index is 13.6. The van der Waals surface area contributed by atoms with Crippen LogP contribution in [0.5, 0.6) is 11.5 Å². The molecule has 9 heteroatoms.